The van der Waals surface area contributed by atoms with E-state index in [0.717, 1.165) is 50.9 Å². The highest BCUT2D eigenvalue weighted by molar-refractivity contribution is 7.23. The van der Waals surface area contributed by atoms with Crippen LogP contribution in [0.5, 0.6) is 6.01 Å². The van der Waals surface area contributed by atoms with Gasteiger partial charge in [0.05, 0.1) is 47.3 Å². The molecule has 5 fully saturated rings. The number of amides is 1. The summed E-state index contributed by atoms with van der Waals surface area (Å²) in [5.41, 5.74) is 1.72. The maximum Gasteiger partial charge on any atom is 0.412 e. The van der Waals surface area contributed by atoms with Crippen molar-refractivity contribution in [1.29, 1.82) is 5.26 Å². The number of rotatable bonds is 7. The lowest BCUT2D eigenvalue weighted by atomic mass is 9.52. The Balaban J connectivity index is 1.13. The smallest absolute Gasteiger partial charge is 0.412 e. The molecule has 14 heteroatoms. The van der Waals surface area contributed by atoms with Gasteiger partial charge < -0.3 is 19.1 Å². The van der Waals surface area contributed by atoms with Gasteiger partial charge in [-0.3, -0.25) is 15.1 Å². The molecule has 7 heterocycles. The van der Waals surface area contributed by atoms with Crippen LogP contribution in [0.3, 0.4) is 0 Å². The molecule has 1 saturated carbocycles. The fourth-order valence-electron chi connectivity index (χ4n) is 10.6. The van der Waals surface area contributed by atoms with Crippen molar-refractivity contribution in [2.45, 2.75) is 108 Å². The Morgan fingerprint density at radius 1 is 1.17 bits per heavy atom. The average Bonchev–Trinajstić information content (AvgIpc) is 3.87. The topological polar surface area (TPSA) is 116 Å². The van der Waals surface area contributed by atoms with Crippen LogP contribution in [-0.4, -0.2) is 93.6 Å². The standard InChI is InChI=1S/C40H43F2N7O4S/c1-5-47-17-28-40(47)12-10-27(40)49(28)34-31-25-19-51-18-24(25)30(22-8-6-9-26-29(22)23(15-43)35(54-26)46-37(50)53-38(2,3)4)32(42)33(31)44-36(45-34)52-20-39-11-7-13-48(39)16-21(41)14-39/h6,8-9,21,27-28H,5,7,10-14,16-20H2,1-4H3,(H,46,50)/t21?,27?,28?,39-,40?/m0/s1. The maximum absolute atomic E-state index is 17.8. The van der Waals surface area contributed by atoms with E-state index in [1.807, 2.05) is 18.2 Å². The van der Waals surface area contributed by atoms with Gasteiger partial charge in [0, 0.05) is 35.2 Å². The summed E-state index contributed by atoms with van der Waals surface area (Å²) in [4.78, 5) is 29.9. The second kappa shape index (κ2) is 11.9. The Hall–Kier alpha value is -4.16. The summed E-state index contributed by atoms with van der Waals surface area (Å²) in [5, 5.41) is 14.7. The number of aromatic nitrogens is 2. The zero-order valence-corrected chi connectivity index (χ0v) is 31.7. The predicted molar refractivity (Wildman–Crippen MR) is 201 cm³/mol. The highest BCUT2D eigenvalue weighted by Crippen LogP contribution is 2.62. The van der Waals surface area contributed by atoms with E-state index in [4.69, 9.17) is 24.2 Å². The molecule has 1 spiro atoms. The van der Waals surface area contributed by atoms with Crippen LogP contribution in [-0.2, 0) is 22.7 Å². The largest absolute Gasteiger partial charge is 0.461 e. The van der Waals surface area contributed by atoms with E-state index in [9.17, 15) is 14.4 Å². The molecule has 5 aliphatic heterocycles. The number of nitrogens with one attached hydrogen (secondary N) is 1. The van der Waals surface area contributed by atoms with Crippen LogP contribution in [0.1, 0.15) is 76.5 Å². The molecule has 4 aromatic rings. The zero-order valence-electron chi connectivity index (χ0n) is 30.9. The normalized spacial score (nSPS) is 28.5. The van der Waals surface area contributed by atoms with Gasteiger partial charge in [0.1, 0.15) is 40.8 Å². The first kappa shape index (κ1) is 34.3. The van der Waals surface area contributed by atoms with Crippen molar-refractivity contribution >= 4 is 49.2 Å². The molecule has 4 unspecified atom stereocenters. The first-order valence-corrected chi connectivity index (χ1v) is 19.9. The molecule has 0 bridgehead atoms. The lowest BCUT2D eigenvalue weighted by Crippen LogP contribution is -2.96. The molecular formula is C40H43F2N7O4S. The van der Waals surface area contributed by atoms with Crippen molar-refractivity contribution in [3.05, 3.63) is 40.7 Å². The molecule has 10 rings (SSSR count). The Kier molecular flexibility index (Phi) is 7.58. The third-order valence-corrected chi connectivity index (χ3v) is 14.0. The molecule has 282 valence electrons. The van der Waals surface area contributed by atoms with Crippen molar-refractivity contribution in [1.82, 2.24) is 19.8 Å². The summed E-state index contributed by atoms with van der Waals surface area (Å²) < 4.78 is 51.2. The Morgan fingerprint density at radius 3 is 2.74 bits per heavy atom. The van der Waals surface area contributed by atoms with Gasteiger partial charge >= 0.3 is 12.1 Å². The van der Waals surface area contributed by atoms with Crippen LogP contribution >= 0.6 is 11.3 Å². The van der Waals surface area contributed by atoms with Gasteiger partial charge in [-0.2, -0.15) is 15.2 Å². The second-order valence-electron chi connectivity index (χ2n) is 16.8. The summed E-state index contributed by atoms with van der Waals surface area (Å²) >= 11 is 1.24. The number of thiophene rings is 1. The quantitative estimate of drug-likeness (QED) is 0.206. The third kappa shape index (κ3) is 4.74. The van der Waals surface area contributed by atoms with E-state index in [2.05, 4.69) is 33.0 Å². The Labute approximate surface area is 316 Å². The summed E-state index contributed by atoms with van der Waals surface area (Å²) in [6, 6.07) is 8.39. The van der Waals surface area contributed by atoms with Gasteiger partial charge in [0.25, 0.3) is 0 Å². The van der Waals surface area contributed by atoms with Crippen LogP contribution in [0.25, 0.3) is 32.1 Å². The number of fused-ring (bicyclic) bond motifs is 5. The van der Waals surface area contributed by atoms with E-state index in [1.165, 1.54) is 11.3 Å². The number of nitrogens with zero attached hydrogens (tertiary/aromatic N) is 6. The molecule has 2 aromatic heterocycles. The van der Waals surface area contributed by atoms with Crippen LogP contribution in [0, 0.1) is 17.1 Å². The minimum atomic E-state index is -0.907. The fourth-order valence-corrected chi connectivity index (χ4v) is 11.7. The van der Waals surface area contributed by atoms with E-state index in [0.29, 0.717) is 55.9 Å². The summed E-state index contributed by atoms with van der Waals surface area (Å²) in [5.74, 6) is 0.135. The van der Waals surface area contributed by atoms with Gasteiger partial charge in [0.2, 0.25) is 0 Å². The third-order valence-electron chi connectivity index (χ3n) is 13.0. The lowest BCUT2D eigenvalue weighted by Gasteiger charge is -2.81. The molecular weight excluding hydrogens is 713 g/mol. The number of likely N-dealkylation sites (N-methyl/N-ethyl adjacent to an activating group) is 1. The zero-order chi connectivity index (χ0) is 37.3. The van der Waals surface area contributed by atoms with Crippen LogP contribution in [0.2, 0.25) is 0 Å². The second-order valence-corrected chi connectivity index (χ2v) is 17.8. The highest BCUT2D eigenvalue weighted by atomic mass is 32.1. The molecule has 4 saturated heterocycles. The van der Waals surface area contributed by atoms with Crippen molar-refractivity contribution in [3.8, 4) is 23.2 Å². The van der Waals surface area contributed by atoms with Gasteiger partial charge in [-0.05, 0) is 82.3 Å². The summed E-state index contributed by atoms with van der Waals surface area (Å²) in [6.45, 7) is 11.3. The van der Waals surface area contributed by atoms with E-state index >= 15 is 4.39 Å². The SMILES string of the molecule is CCN1CC2N(c3nc(OC[C@@]45CCCN4CC(F)C5)nc4c(F)c(-c5cccc6sc(NC(=O)OC(C)(C)C)c(C#N)c56)c5c(c34)COC5)C3CCC321. The number of alkyl halides is 1. The van der Waals surface area contributed by atoms with Crippen molar-refractivity contribution in [2.24, 2.45) is 0 Å². The first-order chi connectivity index (χ1) is 26.0. The van der Waals surface area contributed by atoms with E-state index in [1.54, 1.807) is 20.8 Å². The minimum Gasteiger partial charge on any atom is -0.461 e. The monoisotopic (exact) mass is 755 g/mol. The van der Waals surface area contributed by atoms with E-state index in [-0.39, 0.29) is 54.5 Å². The fraction of sp³-hybridized carbons (Fsp3) is 0.550. The molecule has 11 nitrogen and oxygen atoms in total. The Bertz CT molecular complexity index is 2300. The number of ether oxygens (including phenoxy) is 3. The number of carbonyl (C=O) groups is 1. The van der Waals surface area contributed by atoms with Gasteiger partial charge in [0.15, 0.2) is 5.82 Å². The molecule has 1 amide bonds. The molecule has 6 aliphatic rings. The predicted octanol–water partition coefficient (Wildman–Crippen LogP) is 7.28. The molecule has 1 aliphatic carbocycles. The highest BCUT2D eigenvalue weighted by Gasteiger charge is 2.74. The number of anilines is 2. The van der Waals surface area contributed by atoms with Crippen molar-refractivity contribution < 1.29 is 27.8 Å². The van der Waals surface area contributed by atoms with Crippen molar-refractivity contribution in [3.63, 3.8) is 0 Å². The number of piperazine rings is 1. The molecule has 54 heavy (non-hydrogen) atoms. The van der Waals surface area contributed by atoms with Crippen molar-refractivity contribution in [2.75, 3.05) is 43.0 Å². The van der Waals surface area contributed by atoms with Gasteiger partial charge in [-0.15, -0.1) is 11.3 Å². The number of halogens is 2. The van der Waals surface area contributed by atoms with Gasteiger partial charge in [-0.1, -0.05) is 19.1 Å². The number of benzene rings is 2. The summed E-state index contributed by atoms with van der Waals surface area (Å²) in [6.07, 6.45) is 2.79. The van der Waals surface area contributed by atoms with E-state index < -0.39 is 29.2 Å². The van der Waals surface area contributed by atoms with Crippen LogP contribution < -0.4 is 15.0 Å². The van der Waals surface area contributed by atoms with Gasteiger partial charge in [-0.25, -0.2) is 13.6 Å². The Morgan fingerprint density at radius 2 is 2.00 bits per heavy atom. The number of likely N-dealkylation sites (tertiary alicyclic amines) is 1. The number of carbonyl (C=O) groups excluding carboxylic acids is 1. The average molecular weight is 756 g/mol. The molecule has 1 N–H and O–H groups in total. The number of hydrogen-bond acceptors (Lipinski definition) is 11. The summed E-state index contributed by atoms with van der Waals surface area (Å²) in [7, 11) is 0. The van der Waals surface area contributed by atoms with Crippen LogP contribution in [0.15, 0.2) is 18.2 Å². The first-order valence-electron chi connectivity index (χ1n) is 19.1. The molecule has 2 aromatic carbocycles. The number of piperidine rings is 1. The molecule has 0 radical (unpaired) electrons. The minimum absolute atomic E-state index is 0.0866. The lowest BCUT2D eigenvalue weighted by molar-refractivity contribution is -0.175. The molecule has 5 atom stereocenters. The van der Waals surface area contributed by atoms with Crippen LogP contribution in [0.4, 0.5) is 24.4 Å². The number of nitriles is 1. The number of hydrogen-bond donors (Lipinski definition) is 1. The maximum atomic E-state index is 17.8.